The van der Waals surface area contributed by atoms with Crippen LogP contribution in [0.4, 0.5) is 0 Å². The molecule has 0 spiro atoms. The number of nitrogens with one attached hydrogen (secondary N) is 4. The number of piperazine rings is 2. The Balaban J connectivity index is 1.09. The van der Waals surface area contributed by atoms with Crippen molar-refractivity contribution in [2.45, 2.75) is 0 Å². The Morgan fingerprint density at radius 3 is 1.32 bits per heavy atom. The normalized spacial score (nSPS) is 17.4. The number of hydrogen-bond acceptors (Lipinski definition) is 7. The van der Waals surface area contributed by atoms with Crippen LogP contribution in [0.3, 0.4) is 0 Å². The van der Waals surface area contributed by atoms with Gasteiger partial charge in [0.15, 0.2) is 0 Å². The fourth-order valence-electron chi connectivity index (χ4n) is 5.28. The molecule has 218 valence electrons. The second-order valence-electron chi connectivity index (χ2n) is 11.2. The Morgan fingerprint density at radius 1 is 0.585 bits per heavy atom. The summed E-state index contributed by atoms with van der Waals surface area (Å²) in [6.07, 6.45) is 0. The molecule has 0 radical (unpaired) electrons. The predicted molar refractivity (Wildman–Crippen MR) is 167 cm³/mol. The first-order valence-electron chi connectivity index (χ1n) is 14.7. The molecule has 9 nitrogen and oxygen atoms in total. The summed E-state index contributed by atoms with van der Waals surface area (Å²) in [5.74, 6) is 2.49. The first-order valence-corrected chi connectivity index (χ1v) is 14.7. The molecule has 0 unspecified atom stereocenters. The molecule has 2 aromatic carbocycles. The van der Waals surface area contributed by atoms with Crippen LogP contribution in [-0.2, 0) is 0 Å². The second kappa shape index (κ2) is 13.9. The monoisotopic (exact) mass is 556 g/mol. The number of rotatable bonds is 10. The van der Waals surface area contributed by atoms with E-state index in [0.717, 1.165) is 112 Å². The zero-order valence-electron chi connectivity index (χ0n) is 24.5. The Morgan fingerprint density at radius 2 is 0.951 bits per heavy atom. The van der Waals surface area contributed by atoms with Crippen LogP contribution in [-0.4, -0.2) is 124 Å². The van der Waals surface area contributed by atoms with E-state index >= 15 is 0 Å². The van der Waals surface area contributed by atoms with Gasteiger partial charge in [-0.05, 0) is 26.2 Å². The first kappa shape index (κ1) is 29.0. The molecule has 0 atom stereocenters. The zero-order valence-corrected chi connectivity index (χ0v) is 24.5. The van der Waals surface area contributed by atoms with Gasteiger partial charge in [-0.15, -0.1) is 0 Å². The van der Waals surface area contributed by atoms with Gasteiger partial charge in [-0.3, -0.25) is 20.6 Å². The number of nitrogens with zero attached hydrogens (tertiary/aromatic N) is 4. The van der Waals surface area contributed by atoms with Crippen LogP contribution in [0.25, 0.3) is 22.6 Å². The van der Waals surface area contributed by atoms with Gasteiger partial charge in [-0.2, -0.15) is 0 Å². The van der Waals surface area contributed by atoms with Crippen molar-refractivity contribution in [1.29, 1.82) is 10.8 Å². The van der Waals surface area contributed by atoms with E-state index in [9.17, 15) is 0 Å². The van der Waals surface area contributed by atoms with Crippen molar-refractivity contribution in [2.24, 2.45) is 0 Å². The molecule has 5 rings (SSSR count). The number of benzene rings is 2. The molecule has 2 aliphatic heterocycles. The minimum absolute atomic E-state index is 0.449. The van der Waals surface area contributed by atoms with Crippen LogP contribution in [0, 0.1) is 10.8 Å². The van der Waals surface area contributed by atoms with E-state index in [2.05, 4.69) is 44.3 Å². The van der Waals surface area contributed by atoms with Gasteiger partial charge >= 0.3 is 0 Å². The van der Waals surface area contributed by atoms with Crippen LogP contribution < -0.4 is 10.6 Å². The van der Waals surface area contributed by atoms with Gasteiger partial charge in [-0.25, -0.2) is 0 Å². The van der Waals surface area contributed by atoms with Gasteiger partial charge in [-0.1, -0.05) is 48.5 Å². The molecule has 0 aliphatic carbocycles. The van der Waals surface area contributed by atoms with Crippen molar-refractivity contribution in [1.82, 2.24) is 30.2 Å². The lowest BCUT2D eigenvalue weighted by Crippen LogP contribution is -2.46. The maximum Gasteiger partial charge on any atom is 0.134 e. The molecule has 3 aromatic rings. The summed E-state index contributed by atoms with van der Waals surface area (Å²) in [6.45, 7) is 12.3. The minimum atomic E-state index is 0.449. The van der Waals surface area contributed by atoms with Crippen LogP contribution in [0.5, 0.6) is 0 Å². The largest absolute Gasteiger partial charge is 0.456 e. The zero-order chi connectivity index (χ0) is 28.6. The third-order valence-corrected chi connectivity index (χ3v) is 8.17. The average Bonchev–Trinajstić information content (AvgIpc) is 3.50. The van der Waals surface area contributed by atoms with Crippen LogP contribution >= 0.6 is 0 Å². The quantitative estimate of drug-likeness (QED) is 0.225. The second-order valence-corrected chi connectivity index (χ2v) is 11.2. The lowest BCUT2D eigenvalue weighted by molar-refractivity contribution is 0.156. The molecule has 3 heterocycles. The third kappa shape index (κ3) is 8.04. The van der Waals surface area contributed by atoms with E-state index in [1.54, 1.807) is 0 Å². The maximum absolute atomic E-state index is 8.42. The molecule has 9 heteroatoms. The molecule has 0 amide bonds. The molecule has 41 heavy (non-hydrogen) atoms. The smallest absolute Gasteiger partial charge is 0.134 e. The number of hydrogen-bond donors (Lipinski definition) is 4. The Labute approximate surface area is 244 Å². The van der Waals surface area contributed by atoms with Gasteiger partial charge in [0.1, 0.15) is 23.2 Å². The highest BCUT2D eigenvalue weighted by Gasteiger charge is 2.15. The molecule has 2 saturated heterocycles. The van der Waals surface area contributed by atoms with Crippen LogP contribution in [0.2, 0.25) is 0 Å². The summed E-state index contributed by atoms with van der Waals surface area (Å²) in [5, 5.41) is 23.4. The third-order valence-electron chi connectivity index (χ3n) is 8.17. The molecule has 2 fully saturated rings. The summed E-state index contributed by atoms with van der Waals surface area (Å²) < 4.78 is 6.18. The number of amidine groups is 2. The van der Waals surface area contributed by atoms with Crippen molar-refractivity contribution in [3.8, 4) is 22.6 Å². The Hall–Kier alpha value is -3.50. The topological polar surface area (TPSA) is 97.9 Å². The molecular formula is C32H44N8O. The SMILES string of the molecule is CN1CCN(CCNC(=N)c2ccc(-c3ccc(-c4ccc(C(=N)NCCN5CCN(C)CC5)cc4)o3)cc2)CC1. The summed E-state index contributed by atoms with van der Waals surface area (Å²) >= 11 is 0. The van der Waals surface area contributed by atoms with Crippen molar-refractivity contribution in [3.63, 3.8) is 0 Å². The minimum Gasteiger partial charge on any atom is -0.456 e. The highest BCUT2D eigenvalue weighted by Crippen LogP contribution is 2.29. The molecule has 4 N–H and O–H groups in total. The highest BCUT2D eigenvalue weighted by molar-refractivity contribution is 5.97. The van der Waals surface area contributed by atoms with Gasteiger partial charge in [0.05, 0.1) is 0 Å². The van der Waals surface area contributed by atoms with Crippen molar-refractivity contribution in [2.75, 3.05) is 92.6 Å². The number of furan rings is 1. The van der Waals surface area contributed by atoms with Crippen LogP contribution in [0.15, 0.2) is 65.1 Å². The van der Waals surface area contributed by atoms with Crippen molar-refractivity contribution in [3.05, 3.63) is 71.8 Å². The van der Waals surface area contributed by atoms with E-state index in [-0.39, 0.29) is 0 Å². The summed E-state index contributed by atoms with van der Waals surface area (Å²) in [5.41, 5.74) is 3.70. The fraction of sp³-hybridized carbons (Fsp3) is 0.438. The van der Waals surface area contributed by atoms with Gasteiger partial charge in [0.2, 0.25) is 0 Å². The van der Waals surface area contributed by atoms with E-state index in [0.29, 0.717) is 11.7 Å². The Kier molecular flexibility index (Phi) is 9.84. The Bertz CT molecular complexity index is 1170. The average molecular weight is 557 g/mol. The lowest BCUT2D eigenvalue weighted by atomic mass is 10.1. The molecule has 2 aliphatic rings. The molecule has 0 saturated carbocycles. The van der Waals surface area contributed by atoms with Crippen molar-refractivity contribution >= 4 is 11.7 Å². The first-order chi connectivity index (χ1) is 19.9. The fourth-order valence-corrected chi connectivity index (χ4v) is 5.28. The summed E-state index contributed by atoms with van der Waals surface area (Å²) in [6, 6.07) is 19.9. The van der Waals surface area contributed by atoms with E-state index in [1.807, 2.05) is 60.7 Å². The highest BCUT2D eigenvalue weighted by atomic mass is 16.3. The van der Waals surface area contributed by atoms with E-state index in [4.69, 9.17) is 15.2 Å². The van der Waals surface area contributed by atoms with Gasteiger partial charge in [0, 0.05) is 101 Å². The molecule has 1 aromatic heterocycles. The molecular weight excluding hydrogens is 512 g/mol. The molecule has 0 bridgehead atoms. The van der Waals surface area contributed by atoms with Gasteiger partial charge in [0.25, 0.3) is 0 Å². The standard InChI is InChI=1S/C32H44N8O/c1-37-17-21-39(22-18-37)15-13-35-31(33)27-7-3-25(4-8-27)29-11-12-30(41-29)26-5-9-28(10-6-26)32(34)36-14-16-40-23-19-38(2)20-24-40/h3-12H,13-24H2,1-2H3,(H2,33,35)(H2,34,36). The predicted octanol–water partition coefficient (Wildman–Crippen LogP) is 2.94. The summed E-state index contributed by atoms with van der Waals surface area (Å²) in [7, 11) is 4.33. The van der Waals surface area contributed by atoms with Crippen LogP contribution in [0.1, 0.15) is 11.1 Å². The van der Waals surface area contributed by atoms with Gasteiger partial charge < -0.3 is 24.9 Å². The van der Waals surface area contributed by atoms with E-state index in [1.165, 1.54) is 0 Å². The van der Waals surface area contributed by atoms with Crippen molar-refractivity contribution < 1.29 is 4.42 Å². The maximum atomic E-state index is 8.42. The summed E-state index contributed by atoms with van der Waals surface area (Å²) in [4.78, 5) is 9.61. The number of likely N-dealkylation sites (N-methyl/N-ethyl adjacent to an activating group) is 2. The van der Waals surface area contributed by atoms with E-state index < -0.39 is 0 Å². The lowest BCUT2D eigenvalue weighted by Gasteiger charge is -2.32.